The molecule has 0 bridgehead atoms. The van der Waals surface area contributed by atoms with E-state index in [1.807, 2.05) is 68.0 Å². The third-order valence-corrected chi connectivity index (χ3v) is 8.67. The van der Waals surface area contributed by atoms with Gasteiger partial charge in [0.15, 0.2) is 5.96 Å². The first-order valence-corrected chi connectivity index (χ1v) is 15.4. The molecule has 11 nitrogen and oxygen atoms in total. The Bertz CT molecular complexity index is 1910. The van der Waals surface area contributed by atoms with E-state index in [0.717, 1.165) is 40.1 Å². The van der Waals surface area contributed by atoms with Gasteiger partial charge in [-0.05, 0) is 72.9 Å². The van der Waals surface area contributed by atoms with Gasteiger partial charge in [-0.15, -0.1) is 0 Å². The van der Waals surface area contributed by atoms with Crippen molar-refractivity contribution in [2.24, 2.45) is 28.5 Å². The highest BCUT2D eigenvalue weighted by atomic mass is 16.7. The Balaban J connectivity index is 0.000000185. The number of aliphatic imine (C=N–C) groups is 2. The first-order chi connectivity index (χ1) is 22.4. The van der Waals surface area contributed by atoms with Crippen LogP contribution in [-0.2, 0) is 34.2 Å². The number of rotatable bonds is 5. The lowest BCUT2D eigenvalue weighted by Gasteiger charge is -2.34. The third kappa shape index (κ3) is 6.88. The lowest BCUT2D eigenvalue weighted by atomic mass is 9.90. The Hall–Kier alpha value is -5.47. The first kappa shape index (κ1) is 32.9. The highest BCUT2D eigenvalue weighted by Crippen LogP contribution is 2.35. The molecule has 47 heavy (non-hydrogen) atoms. The third-order valence-electron chi connectivity index (χ3n) is 8.67. The van der Waals surface area contributed by atoms with Crippen molar-refractivity contribution in [3.63, 3.8) is 0 Å². The van der Waals surface area contributed by atoms with Gasteiger partial charge in [0.2, 0.25) is 11.9 Å². The molecule has 0 aliphatic carbocycles. The molecule has 2 aliphatic heterocycles. The van der Waals surface area contributed by atoms with E-state index in [4.69, 9.17) is 21.6 Å². The molecule has 4 N–H and O–H groups in total. The van der Waals surface area contributed by atoms with Crippen molar-refractivity contribution in [1.29, 1.82) is 5.26 Å². The number of carbonyl (C=O) groups is 1. The second kappa shape index (κ2) is 13.1. The quantitative estimate of drug-likeness (QED) is 0.325. The molecule has 11 heteroatoms. The van der Waals surface area contributed by atoms with Crippen LogP contribution in [0.3, 0.4) is 0 Å². The van der Waals surface area contributed by atoms with E-state index in [9.17, 15) is 4.79 Å². The molecule has 3 heterocycles. The van der Waals surface area contributed by atoms with Crippen molar-refractivity contribution in [2.45, 2.75) is 44.7 Å². The first-order valence-electron chi connectivity index (χ1n) is 15.4. The highest BCUT2D eigenvalue weighted by molar-refractivity contribution is 5.98. The summed E-state index contributed by atoms with van der Waals surface area (Å²) < 4.78 is 1.84. The molecule has 0 saturated heterocycles. The van der Waals surface area contributed by atoms with Crippen LogP contribution in [0.5, 0.6) is 0 Å². The fourth-order valence-electron chi connectivity index (χ4n) is 5.60. The molecule has 1 aromatic heterocycles. The standard InChI is InChI=1S/C18H23N5O.C18H18N4O/c1-5-12-7-6-8-13(9-12)14-10-15(21-23(14)4)18(2)11-16(24)22(3)17(19)20-18;1-18(12-23-22(2)17(20)21-18)16-8-4-7-15(10-16)14-6-3-5-13(9-14)11-19/h6-10H,5,11H2,1-4H3,(H2,19,20);3-10H,12H2,1-2H3,(H2,20,21)/t18-;/m0./s1. The molecule has 3 aromatic carbocycles. The zero-order valence-electron chi connectivity index (χ0n) is 27.7. The molecule has 0 radical (unpaired) electrons. The maximum Gasteiger partial charge on any atom is 0.231 e. The van der Waals surface area contributed by atoms with Crippen LogP contribution in [0.25, 0.3) is 22.4 Å². The van der Waals surface area contributed by atoms with Crippen LogP contribution in [0.2, 0.25) is 0 Å². The van der Waals surface area contributed by atoms with Gasteiger partial charge in [-0.3, -0.25) is 19.2 Å². The lowest BCUT2D eigenvalue weighted by Crippen LogP contribution is -2.47. The van der Waals surface area contributed by atoms with Crippen molar-refractivity contribution in [3.8, 4) is 28.5 Å². The van der Waals surface area contributed by atoms with E-state index < -0.39 is 11.1 Å². The number of nitriles is 1. The fraction of sp³-hybridized carbons (Fsp3) is 0.306. The molecule has 2 atom stereocenters. The van der Waals surface area contributed by atoms with Gasteiger partial charge in [-0.25, -0.2) is 15.0 Å². The summed E-state index contributed by atoms with van der Waals surface area (Å²) in [6, 6.07) is 28.2. The minimum absolute atomic E-state index is 0.0508. The number of benzene rings is 3. The largest absolute Gasteiger partial charge is 0.369 e. The van der Waals surface area contributed by atoms with Crippen LogP contribution >= 0.6 is 0 Å². The number of hydrogen-bond donors (Lipinski definition) is 2. The summed E-state index contributed by atoms with van der Waals surface area (Å²) in [5.41, 5.74) is 18.4. The van der Waals surface area contributed by atoms with Gasteiger partial charge in [0, 0.05) is 26.7 Å². The average Bonchev–Trinajstić information content (AvgIpc) is 3.48. The summed E-state index contributed by atoms with van der Waals surface area (Å²) in [5.74, 6) is 0.537. The number of hydroxylamine groups is 2. The van der Waals surface area contributed by atoms with Crippen LogP contribution in [0, 0.1) is 11.3 Å². The van der Waals surface area contributed by atoms with Crippen molar-refractivity contribution in [2.75, 3.05) is 20.7 Å². The van der Waals surface area contributed by atoms with E-state index in [1.165, 1.54) is 15.5 Å². The normalized spacial score (nSPS) is 20.9. The maximum absolute atomic E-state index is 12.2. The number of amides is 1. The molecule has 242 valence electrons. The second-order valence-electron chi connectivity index (χ2n) is 12.3. The topological polar surface area (TPSA) is 151 Å². The summed E-state index contributed by atoms with van der Waals surface area (Å²) in [6.45, 7) is 6.46. The van der Waals surface area contributed by atoms with Crippen LogP contribution in [0.1, 0.15) is 49.6 Å². The van der Waals surface area contributed by atoms with Crippen LogP contribution < -0.4 is 11.5 Å². The zero-order chi connectivity index (χ0) is 33.9. The number of aromatic nitrogens is 2. The number of aryl methyl sites for hydroxylation is 2. The Morgan fingerprint density at radius 2 is 1.53 bits per heavy atom. The number of carbonyl (C=O) groups excluding carboxylic acids is 1. The van der Waals surface area contributed by atoms with Crippen LogP contribution in [0.4, 0.5) is 0 Å². The van der Waals surface area contributed by atoms with E-state index in [-0.39, 0.29) is 18.3 Å². The van der Waals surface area contributed by atoms with E-state index in [1.54, 1.807) is 20.2 Å². The predicted octanol–water partition coefficient (Wildman–Crippen LogP) is 4.67. The Labute approximate surface area is 275 Å². The van der Waals surface area contributed by atoms with Gasteiger partial charge in [0.05, 0.1) is 29.4 Å². The molecular weight excluding hydrogens is 590 g/mol. The van der Waals surface area contributed by atoms with Crippen molar-refractivity contribution in [3.05, 3.63) is 101 Å². The molecule has 1 amide bonds. The molecule has 1 unspecified atom stereocenters. The second-order valence-corrected chi connectivity index (χ2v) is 12.3. The summed E-state index contributed by atoms with van der Waals surface area (Å²) in [7, 11) is 5.29. The molecule has 0 saturated carbocycles. The van der Waals surface area contributed by atoms with Crippen molar-refractivity contribution >= 4 is 17.8 Å². The summed E-state index contributed by atoms with van der Waals surface area (Å²) >= 11 is 0. The predicted molar refractivity (Wildman–Crippen MR) is 184 cm³/mol. The fourth-order valence-corrected chi connectivity index (χ4v) is 5.60. The minimum Gasteiger partial charge on any atom is -0.369 e. The number of nitrogens with two attached hydrogens (primary N) is 2. The van der Waals surface area contributed by atoms with Gasteiger partial charge in [-0.1, -0.05) is 55.5 Å². The summed E-state index contributed by atoms with van der Waals surface area (Å²) in [4.78, 5) is 28.2. The van der Waals surface area contributed by atoms with Gasteiger partial charge in [0.1, 0.15) is 17.7 Å². The van der Waals surface area contributed by atoms with Gasteiger partial charge in [0.25, 0.3) is 0 Å². The lowest BCUT2D eigenvalue weighted by molar-refractivity contribution is -0.128. The Kier molecular flexibility index (Phi) is 9.17. The SMILES string of the molecule is CCc1cccc(-c2cc([C@]3(C)CC(=O)N(C)C(N)=N3)nn2C)c1.CN1OCC(C)(c2cccc(-c3cccc(C#N)c3)c2)N=C1N. The summed E-state index contributed by atoms with van der Waals surface area (Å²) in [6.07, 6.45) is 1.24. The number of hydrogen-bond acceptors (Lipinski definition) is 9. The van der Waals surface area contributed by atoms with E-state index in [2.05, 4.69) is 58.4 Å². The summed E-state index contributed by atoms with van der Waals surface area (Å²) in [5, 5.41) is 15.1. The van der Waals surface area contributed by atoms with Crippen molar-refractivity contribution < 1.29 is 9.63 Å². The molecule has 0 spiro atoms. The monoisotopic (exact) mass is 631 g/mol. The van der Waals surface area contributed by atoms with Crippen molar-refractivity contribution in [1.82, 2.24) is 19.7 Å². The van der Waals surface area contributed by atoms with Crippen LogP contribution in [0.15, 0.2) is 88.8 Å². The molecular formula is C36H41N9O2. The number of nitrogens with zero attached hydrogens (tertiary/aromatic N) is 7. The smallest absolute Gasteiger partial charge is 0.231 e. The Morgan fingerprint density at radius 1 is 0.872 bits per heavy atom. The van der Waals surface area contributed by atoms with Gasteiger partial charge in [-0.2, -0.15) is 10.4 Å². The maximum atomic E-state index is 12.2. The number of guanidine groups is 2. The highest BCUT2D eigenvalue weighted by Gasteiger charge is 2.38. The van der Waals surface area contributed by atoms with Crippen LogP contribution in [-0.4, -0.2) is 58.3 Å². The molecule has 6 rings (SSSR count). The zero-order valence-corrected chi connectivity index (χ0v) is 27.7. The van der Waals surface area contributed by atoms with Gasteiger partial charge >= 0.3 is 0 Å². The molecule has 2 aliphatic rings. The van der Waals surface area contributed by atoms with Gasteiger partial charge < -0.3 is 11.5 Å². The van der Waals surface area contributed by atoms with E-state index in [0.29, 0.717) is 18.1 Å². The average molecular weight is 632 g/mol. The Morgan fingerprint density at radius 3 is 2.21 bits per heavy atom. The minimum atomic E-state index is -0.730. The molecule has 0 fully saturated rings. The van der Waals surface area contributed by atoms with E-state index >= 15 is 0 Å². The molecule has 4 aromatic rings.